The number of aromatic nitrogens is 7. The summed E-state index contributed by atoms with van der Waals surface area (Å²) < 4.78 is 13.3. The second-order valence-electron chi connectivity index (χ2n) is 17.3. The third-order valence-electron chi connectivity index (χ3n) is 11.2. The average Bonchev–Trinajstić information content (AvgIpc) is 3.47. The van der Waals surface area contributed by atoms with Crippen molar-refractivity contribution in [2.24, 2.45) is 0 Å². The second kappa shape index (κ2) is 57.5. The van der Waals surface area contributed by atoms with E-state index in [2.05, 4.69) is 219 Å². The molecular formula is C58H79Br10N7O3S2. The molecule has 7 rings (SSSR count). The Morgan fingerprint density at radius 2 is 0.588 bits per heavy atom. The predicted octanol–water partition coefficient (Wildman–Crippen LogP) is -7.99. The third kappa shape index (κ3) is 40.7. The first kappa shape index (κ1) is 85.9. The van der Waals surface area contributed by atoms with Gasteiger partial charge in [0, 0.05) is 154 Å². The van der Waals surface area contributed by atoms with Crippen molar-refractivity contribution < 1.29 is 145 Å². The van der Waals surface area contributed by atoms with Crippen LogP contribution in [0.1, 0.15) is 90.3 Å². The first-order valence-corrected chi connectivity index (χ1v) is 31.1. The molecule has 80 heavy (non-hydrogen) atoms. The molecule has 7 aromatic heterocycles. The van der Waals surface area contributed by atoms with Crippen molar-refractivity contribution in [2.45, 2.75) is 133 Å². The highest BCUT2D eigenvalue weighted by Crippen LogP contribution is 2.05. The van der Waals surface area contributed by atoms with E-state index >= 15 is 0 Å². The summed E-state index contributed by atoms with van der Waals surface area (Å²) in [5, 5.41) is 30.8. The first-order valence-electron chi connectivity index (χ1n) is 25.3. The Bertz CT molecular complexity index is 2150. The average molecular weight is 1790 g/mol. The number of hydrogen-bond donors (Lipinski definition) is 5. The molecule has 0 saturated heterocycles. The van der Waals surface area contributed by atoms with E-state index in [0.29, 0.717) is 0 Å². The van der Waals surface area contributed by atoms with Crippen LogP contribution in [0.3, 0.4) is 0 Å². The Hall–Kier alpha value is -0.570. The van der Waals surface area contributed by atoms with Gasteiger partial charge in [-0.3, -0.25) is 4.98 Å². The molecule has 0 aromatic carbocycles. The van der Waals surface area contributed by atoms with Crippen molar-refractivity contribution in [2.75, 3.05) is 10.7 Å². The Morgan fingerprint density at radius 3 is 0.812 bits per heavy atom. The van der Waals surface area contributed by atoms with E-state index in [0.717, 1.165) is 102 Å². The maximum atomic E-state index is 9.09. The van der Waals surface area contributed by atoms with E-state index in [1.807, 2.05) is 55.1 Å². The van der Waals surface area contributed by atoms with Crippen molar-refractivity contribution in [3.8, 4) is 0 Å². The van der Waals surface area contributed by atoms with Gasteiger partial charge in [0.05, 0.1) is 19.8 Å². The largest absolute Gasteiger partial charge is 1.00 e. The fourth-order valence-corrected chi connectivity index (χ4v) is 9.10. The first-order chi connectivity index (χ1) is 36.3. The fraction of sp³-hybridized carbons (Fsp3) is 0.397. The molecule has 446 valence electrons. The normalized spacial score (nSPS) is 9.61. The highest BCUT2D eigenvalue weighted by atomic mass is 79.9. The molecule has 3 N–H and O–H groups in total. The zero-order chi connectivity index (χ0) is 53.3. The molecule has 0 saturated carbocycles. The van der Waals surface area contributed by atoms with Gasteiger partial charge in [0.25, 0.3) is 0 Å². The maximum absolute atomic E-state index is 9.09. The lowest BCUT2D eigenvalue weighted by atomic mass is 10.2. The highest BCUT2D eigenvalue weighted by molar-refractivity contribution is 9.09. The predicted molar refractivity (Wildman–Crippen MR) is 317 cm³/mol. The number of thiol groups is 2. The number of nitrogens with zero attached hydrogens (tertiary/aromatic N) is 7. The summed E-state index contributed by atoms with van der Waals surface area (Å²) in [6.07, 6.45) is 38.2. The van der Waals surface area contributed by atoms with Crippen molar-refractivity contribution in [3.63, 3.8) is 0 Å². The van der Waals surface area contributed by atoms with Crippen molar-refractivity contribution >= 4 is 89.0 Å². The van der Waals surface area contributed by atoms with E-state index in [9.17, 15) is 0 Å². The van der Waals surface area contributed by atoms with Gasteiger partial charge in [-0.1, -0.05) is 69.8 Å². The van der Waals surface area contributed by atoms with Gasteiger partial charge in [-0.05, 0) is 60.9 Å². The van der Waals surface area contributed by atoms with Crippen molar-refractivity contribution in [3.05, 3.63) is 211 Å². The van der Waals surface area contributed by atoms with Gasteiger partial charge in [-0.25, -0.2) is 27.4 Å². The van der Waals surface area contributed by atoms with Gasteiger partial charge in [0.1, 0.15) is 39.3 Å². The number of rotatable bonds is 25. The van der Waals surface area contributed by atoms with Crippen molar-refractivity contribution in [1.29, 1.82) is 0 Å². The van der Waals surface area contributed by atoms with Crippen LogP contribution in [0.15, 0.2) is 172 Å². The van der Waals surface area contributed by atoms with E-state index in [1.54, 1.807) is 18.5 Å². The van der Waals surface area contributed by atoms with Crippen LogP contribution in [0.4, 0.5) is 0 Å². The van der Waals surface area contributed by atoms with Crippen LogP contribution in [0.2, 0.25) is 0 Å². The lowest BCUT2D eigenvalue weighted by Crippen LogP contribution is -3.00. The smallest absolute Gasteiger partial charge is 0.174 e. The molecule has 0 fully saturated rings. The zero-order valence-electron chi connectivity index (χ0n) is 45.1. The summed E-state index contributed by atoms with van der Waals surface area (Å²) in [5.41, 5.74) is 7.93. The van der Waals surface area contributed by atoms with E-state index in [4.69, 9.17) is 15.3 Å². The maximum Gasteiger partial charge on any atom is 0.174 e. The van der Waals surface area contributed by atoms with E-state index < -0.39 is 0 Å². The van der Waals surface area contributed by atoms with Gasteiger partial charge in [0.15, 0.2) is 74.4 Å². The molecule has 0 atom stereocenters. The molecule has 0 aliphatic heterocycles. The molecule has 22 heteroatoms. The topological polar surface area (TPSA) is 96.9 Å². The van der Waals surface area contributed by atoms with Crippen LogP contribution in [0.25, 0.3) is 0 Å². The number of halogens is 10. The van der Waals surface area contributed by atoms with Crippen LogP contribution in [-0.2, 0) is 81.3 Å². The summed E-state index contributed by atoms with van der Waals surface area (Å²) in [6, 6.07) is 28.3. The van der Waals surface area contributed by atoms with Gasteiger partial charge in [-0.2, -0.15) is 25.3 Å². The molecule has 7 heterocycles. The Balaban J connectivity index is -0.000000467. The molecule has 0 aliphatic rings. The molecule has 0 amide bonds. The van der Waals surface area contributed by atoms with Crippen LogP contribution in [-0.4, -0.2) is 31.0 Å². The molecule has 10 nitrogen and oxygen atoms in total. The van der Waals surface area contributed by atoms with E-state index in [1.165, 1.54) is 60.8 Å². The van der Waals surface area contributed by atoms with Crippen molar-refractivity contribution in [1.82, 2.24) is 4.98 Å². The summed E-state index contributed by atoms with van der Waals surface area (Å²) in [6.45, 7) is 6.45. The quantitative estimate of drug-likeness (QED) is 0.0171. The van der Waals surface area contributed by atoms with E-state index in [-0.39, 0.29) is 122 Å². The molecule has 0 aliphatic carbocycles. The minimum absolute atomic E-state index is 0. The Labute approximate surface area is 585 Å². The number of aliphatic hydroxyl groups is 3. The minimum Gasteiger partial charge on any atom is -1.00 e. The lowest BCUT2D eigenvalue weighted by molar-refractivity contribution is -0.708. The summed E-state index contributed by atoms with van der Waals surface area (Å²) in [5.74, 6) is 1.60. The summed E-state index contributed by atoms with van der Waals surface area (Å²) in [7, 11) is 0. The number of aryl methyl sites for hydroxylation is 6. The van der Waals surface area contributed by atoms with Gasteiger partial charge >= 0.3 is 0 Å². The molecule has 0 radical (unpaired) electrons. The zero-order valence-corrected chi connectivity index (χ0v) is 62.7. The minimum atomic E-state index is 0. The SMILES string of the molecule is BrCCCCBr.BrCc1ccc[n+](CCCC[n+]2cccc(CBr)c2)c1.OCc1ccc[n+](CCCC[n+]2cccc(CO)c2)c1.OCc1cccnc1.SCc1ccc[n+](CCCC[n+]2cccc(CS)c2)c1.[Br-].[Br-].[Br-].[Br-].[Br-].[Br-]. The lowest BCUT2D eigenvalue weighted by Gasteiger charge is -2.00. The molecular weight excluding hydrogens is 1710 g/mol. The highest BCUT2D eigenvalue weighted by Gasteiger charge is 2.09. The number of hydrogen-bond acceptors (Lipinski definition) is 6. The molecule has 0 spiro atoms. The summed E-state index contributed by atoms with van der Waals surface area (Å²) >= 11 is 22.3. The van der Waals surface area contributed by atoms with Gasteiger partial charge in [0.2, 0.25) is 0 Å². The fourth-order valence-electron chi connectivity index (χ4n) is 7.27. The molecule has 0 bridgehead atoms. The molecule has 0 unspecified atom stereocenters. The number of aliphatic hydroxyl groups excluding tert-OH is 3. The standard InChI is InChI=1S/C16H20Br2N2.C16H22N2O2.C16H20N2S2.C6H7NO.C4H8Br2.6BrH/c17-11-15-5-3-9-19(13-15)7-1-2-8-20-10-4-6-16(12-18)14-20;2*19-13-15-5-3-9-17(11-15)7-1-2-8-18-10-4-6-16(12-18)14-20;8-5-6-2-1-3-7-4-6;5-3-1-2-4-6;;;;;;/h3-6,9-10,13-14H,1-2,7-8,11-12H2;3-6,9-12,19-20H,1-2,7-8,13-14H2;3-6,9-12H,1-2,7-8,13-14H2;1-4,8H,5H2;1-4H2;6*1H/q2*+2;;;;;;;;;/p-4. The van der Waals surface area contributed by atoms with Crippen LogP contribution in [0, 0.1) is 0 Å². The number of unbranched alkanes of at least 4 members (excludes halogenated alkanes) is 4. The molecule has 7 aromatic rings. The van der Waals surface area contributed by atoms with Gasteiger partial charge < -0.3 is 117 Å². The number of alkyl halides is 4. The Morgan fingerprint density at radius 1 is 0.338 bits per heavy atom. The Kier molecular flexibility index (Phi) is 61.7. The third-order valence-corrected chi connectivity index (χ3v) is 14.4. The summed E-state index contributed by atoms with van der Waals surface area (Å²) in [4.78, 5) is 3.80. The monoisotopic (exact) mass is 1770 g/mol. The second-order valence-corrected chi connectivity index (χ2v) is 20.7. The van der Waals surface area contributed by atoms with Crippen LogP contribution >= 0.6 is 89.0 Å². The number of pyridine rings is 7. The van der Waals surface area contributed by atoms with Gasteiger partial charge in [-0.15, -0.1) is 0 Å². The van der Waals surface area contributed by atoms with Crippen LogP contribution < -0.4 is 129 Å². The van der Waals surface area contributed by atoms with Crippen LogP contribution in [0.5, 0.6) is 0 Å².